The Balaban J connectivity index is 1.75. The van der Waals surface area contributed by atoms with E-state index in [9.17, 15) is 14.0 Å². The number of Topliss-reactive ketones (excluding diaryl/α,β-unsaturated/α-hetero) is 1. The molecule has 0 atom stereocenters. The summed E-state index contributed by atoms with van der Waals surface area (Å²) in [5.41, 5.74) is 0.882. The zero-order valence-corrected chi connectivity index (χ0v) is 13.7. The molecule has 4 rings (SSSR count). The summed E-state index contributed by atoms with van der Waals surface area (Å²) in [4.78, 5) is 31.4. The summed E-state index contributed by atoms with van der Waals surface area (Å²) < 4.78 is 15.0. The summed E-state index contributed by atoms with van der Waals surface area (Å²) in [6.45, 7) is -0.201. The second-order valence-corrected chi connectivity index (χ2v) is 7.06. The van der Waals surface area contributed by atoms with E-state index in [1.807, 2.05) is 0 Å². The SMILES string of the molecule is O=C(Cn1cnc2sc3c(c2c1=O)CCCC3)c1ccccc1F. The molecule has 4 nitrogen and oxygen atoms in total. The van der Waals surface area contributed by atoms with Crippen molar-refractivity contribution in [3.05, 3.63) is 62.8 Å². The molecular weight excluding hydrogens is 327 g/mol. The predicted molar refractivity (Wildman–Crippen MR) is 91.3 cm³/mol. The maximum absolute atomic E-state index is 13.7. The minimum absolute atomic E-state index is 0.00292. The van der Waals surface area contributed by atoms with Gasteiger partial charge in [-0.15, -0.1) is 11.3 Å². The lowest BCUT2D eigenvalue weighted by Gasteiger charge is -2.10. The number of ketones is 1. The van der Waals surface area contributed by atoms with E-state index in [1.165, 1.54) is 34.0 Å². The monoisotopic (exact) mass is 342 g/mol. The first kappa shape index (κ1) is 15.2. The molecule has 0 saturated heterocycles. The molecule has 24 heavy (non-hydrogen) atoms. The summed E-state index contributed by atoms with van der Waals surface area (Å²) in [5.74, 6) is -1.00. The zero-order valence-electron chi connectivity index (χ0n) is 12.9. The molecular formula is C18H15FN2O2S. The van der Waals surface area contributed by atoms with Crippen LogP contribution in [0.3, 0.4) is 0 Å². The Morgan fingerprint density at radius 2 is 2.04 bits per heavy atom. The highest BCUT2D eigenvalue weighted by Crippen LogP contribution is 2.33. The minimum Gasteiger partial charge on any atom is -0.292 e. The molecule has 0 amide bonds. The van der Waals surface area contributed by atoms with Crippen LogP contribution in [-0.4, -0.2) is 15.3 Å². The maximum Gasteiger partial charge on any atom is 0.262 e. The summed E-state index contributed by atoms with van der Waals surface area (Å²) in [6.07, 6.45) is 5.48. The Morgan fingerprint density at radius 3 is 2.88 bits per heavy atom. The van der Waals surface area contributed by atoms with Crippen molar-refractivity contribution in [3.63, 3.8) is 0 Å². The van der Waals surface area contributed by atoms with Crippen molar-refractivity contribution in [1.82, 2.24) is 9.55 Å². The molecule has 0 fully saturated rings. The van der Waals surface area contributed by atoms with Crippen molar-refractivity contribution in [3.8, 4) is 0 Å². The fourth-order valence-electron chi connectivity index (χ4n) is 3.22. The molecule has 6 heteroatoms. The van der Waals surface area contributed by atoms with Gasteiger partial charge in [0.25, 0.3) is 5.56 Å². The highest BCUT2D eigenvalue weighted by atomic mass is 32.1. The highest BCUT2D eigenvalue weighted by Gasteiger charge is 2.21. The van der Waals surface area contributed by atoms with Crippen LogP contribution >= 0.6 is 11.3 Å². The number of hydrogen-bond donors (Lipinski definition) is 0. The van der Waals surface area contributed by atoms with Crippen molar-refractivity contribution in [1.29, 1.82) is 0 Å². The molecule has 0 aliphatic heterocycles. The van der Waals surface area contributed by atoms with Crippen LogP contribution in [0.1, 0.15) is 33.6 Å². The van der Waals surface area contributed by atoms with E-state index in [4.69, 9.17) is 0 Å². The number of hydrogen-bond acceptors (Lipinski definition) is 4. The van der Waals surface area contributed by atoms with Crippen molar-refractivity contribution in [2.45, 2.75) is 32.2 Å². The van der Waals surface area contributed by atoms with Crippen LogP contribution in [0.4, 0.5) is 4.39 Å². The summed E-state index contributed by atoms with van der Waals surface area (Å²) in [7, 11) is 0. The van der Waals surface area contributed by atoms with Crippen LogP contribution in [-0.2, 0) is 19.4 Å². The van der Waals surface area contributed by atoms with Gasteiger partial charge in [-0.2, -0.15) is 0 Å². The van der Waals surface area contributed by atoms with Gasteiger partial charge in [0, 0.05) is 4.88 Å². The first-order valence-corrected chi connectivity index (χ1v) is 8.74. The normalized spacial score (nSPS) is 13.9. The van der Waals surface area contributed by atoms with Gasteiger partial charge in [-0.3, -0.25) is 14.2 Å². The fraction of sp³-hybridized carbons (Fsp3) is 0.278. The topological polar surface area (TPSA) is 52.0 Å². The number of fused-ring (bicyclic) bond motifs is 3. The average molecular weight is 342 g/mol. The largest absolute Gasteiger partial charge is 0.292 e. The van der Waals surface area contributed by atoms with E-state index in [1.54, 1.807) is 17.4 Å². The summed E-state index contributed by atoms with van der Waals surface area (Å²) in [5, 5.41) is 0.638. The van der Waals surface area contributed by atoms with Crippen LogP contribution in [0.25, 0.3) is 10.2 Å². The van der Waals surface area contributed by atoms with Gasteiger partial charge >= 0.3 is 0 Å². The van der Waals surface area contributed by atoms with Crippen molar-refractivity contribution >= 4 is 27.3 Å². The van der Waals surface area contributed by atoms with Gasteiger partial charge in [-0.05, 0) is 43.4 Å². The molecule has 1 aliphatic rings. The third-order valence-electron chi connectivity index (χ3n) is 4.43. The van der Waals surface area contributed by atoms with Crippen molar-refractivity contribution in [2.75, 3.05) is 0 Å². The number of nitrogens with zero attached hydrogens (tertiary/aromatic N) is 2. The van der Waals surface area contributed by atoms with Gasteiger partial charge in [0.05, 0.1) is 23.8 Å². The van der Waals surface area contributed by atoms with Crippen LogP contribution in [0.2, 0.25) is 0 Å². The molecule has 0 unspecified atom stereocenters. The molecule has 2 heterocycles. The van der Waals surface area contributed by atoms with Crippen LogP contribution in [0, 0.1) is 5.82 Å². The number of thiophene rings is 1. The van der Waals surface area contributed by atoms with E-state index in [-0.39, 0.29) is 17.7 Å². The predicted octanol–water partition coefficient (Wildman–Crippen LogP) is 3.36. The number of benzene rings is 1. The first-order chi connectivity index (χ1) is 11.6. The average Bonchev–Trinajstić information content (AvgIpc) is 2.97. The summed E-state index contributed by atoms with van der Waals surface area (Å²) in [6, 6.07) is 5.81. The zero-order chi connectivity index (χ0) is 16.7. The number of carbonyl (C=O) groups is 1. The molecule has 0 radical (unpaired) electrons. The lowest BCUT2D eigenvalue weighted by atomic mass is 9.97. The van der Waals surface area contributed by atoms with Crippen LogP contribution in [0.15, 0.2) is 35.4 Å². The van der Waals surface area contributed by atoms with E-state index in [0.29, 0.717) is 5.39 Å². The Bertz CT molecular complexity index is 1010. The Hall–Kier alpha value is -2.34. The molecule has 0 bridgehead atoms. The van der Waals surface area contributed by atoms with Gasteiger partial charge in [-0.1, -0.05) is 12.1 Å². The molecule has 1 aromatic carbocycles. The lowest BCUT2D eigenvalue weighted by Crippen LogP contribution is -2.25. The highest BCUT2D eigenvalue weighted by molar-refractivity contribution is 7.18. The molecule has 1 aliphatic carbocycles. The van der Waals surface area contributed by atoms with Gasteiger partial charge in [-0.25, -0.2) is 9.37 Å². The number of aromatic nitrogens is 2. The summed E-state index contributed by atoms with van der Waals surface area (Å²) >= 11 is 1.57. The molecule has 122 valence electrons. The quantitative estimate of drug-likeness (QED) is 0.686. The second kappa shape index (κ2) is 5.94. The van der Waals surface area contributed by atoms with Crippen molar-refractivity contribution in [2.24, 2.45) is 0 Å². The third-order valence-corrected chi connectivity index (χ3v) is 5.63. The smallest absolute Gasteiger partial charge is 0.262 e. The van der Waals surface area contributed by atoms with Gasteiger partial charge < -0.3 is 0 Å². The first-order valence-electron chi connectivity index (χ1n) is 7.92. The second-order valence-electron chi connectivity index (χ2n) is 5.97. The van der Waals surface area contributed by atoms with Crippen molar-refractivity contribution < 1.29 is 9.18 Å². The minimum atomic E-state index is -0.572. The number of aryl methyl sites for hydroxylation is 2. The molecule has 3 aromatic rings. The van der Waals surface area contributed by atoms with Gasteiger partial charge in [0.15, 0.2) is 5.78 Å². The standard InChI is InChI=1S/C18H15FN2O2S/c19-13-7-3-1-5-11(13)14(22)9-21-10-20-17-16(18(21)23)12-6-2-4-8-15(12)24-17/h1,3,5,7,10H,2,4,6,8-9H2. The number of carbonyl (C=O) groups excluding carboxylic acids is 1. The Labute approximate surface area is 141 Å². The number of halogens is 1. The van der Waals surface area contributed by atoms with Crippen LogP contribution < -0.4 is 5.56 Å². The molecule has 2 aromatic heterocycles. The lowest BCUT2D eigenvalue weighted by molar-refractivity contribution is 0.0966. The Morgan fingerprint density at radius 1 is 1.25 bits per heavy atom. The third kappa shape index (κ3) is 2.47. The van der Waals surface area contributed by atoms with E-state index < -0.39 is 11.6 Å². The Kier molecular flexibility index (Phi) is 3.76. The van der Waals surface area contributed by atoms with Gasteiger partial charge in [0.1, 0.15) is 10.6 Å². The molecule has 0 N–H and O–H groups in total. The number of rotatable bonds is 3. The molecule has 0 spiro atoms. The van der Waals surface area contributed by atoms with E-state index in [2.05, 4.69) is 4.98 Å². The van der Waals surface area contributed by atoms with Crippen LogP contribution in [0.5, 0.6) is 0 Å². The molecule has 0 saturated carbocycles. The fourth-order valence-corrected chi connectivity index (χ4v) is 4.44. The van der Waals surface area contributed by atoms with E-state index in [0.717, 1.165) is 36.1 Å². The van der Waals surface area contributed by atoms with E-state index >= 15 is 0 Å². The van der Waals surface area contributed by atoms with Gasteiger partial charge in [0.2, 0.25) is 0 Å². The maximum atomic E-state index is 13.7.